The lowest BCUT2D eigenvalue weighted by molar-refractivity contribution is -0.141. The van der Waals surface area contributed by atoms with Crippen molar-refractivity contribution in [2.45, 2.75) is 19.9 Å². The molecule has 1 aromatic heterocycles. The Balaban J connectivity index is 2.12. The molecule has 0 spiro atoms. The first-order valence-electron chi connectivity index (χ1n) is 7.19. The van der Waals surface area contributed by atoms with E-state index in [0.29, 0.717) is 20.6 Å². The van der Waals surface area contributed by atoms with Gasteiger partial charge >= 0.3 is 5.97 Å². The quantitative estimate of drug-likeness (QED) is 0.764. The number of aliphatic hydroxyl groups excluding tert-OH is 1. The maximum atomic E-state index is 12.4. The van der Waals surface area contributed by atoms with E-state index < -0.39 is 12.0 Å². The number of nitrogens with zero attached hydrogens (tertiary/aromatic N) is 1. The second-order valence-electron chi connectivity index (χ2n) is 5.10. The zero-order valence-electron chi connectivity index (χ0n) is 13.2. The van der Waals surface area contributed by atoms with Gasteiger partial charge in [0.05, 0.1) is 18.3 Å². The Bertz CT molecular complexity index is 730. The number of carbonyl (C=O) groups is 2. The van der Waals surface area contributed by atoms with Crippen LogP contribution in [0, 0.1) is 6.92 Å². The second-order valence-corrected chi connectivity index (χ2v) is 6.53. The van der Waals surface area contributed by atoms with Crippen molar-refractivity contribution < 1.29 is 19.4 Å². The molecule has 0 radical (unpaired) electrons. The molecule has 8 heteroatoms. The molecule has 0 aliphatic heterocycles. The van der Waals surface area contributed by atoms with Crippen LogP contribution in [0.2, 0.25) is 5.02 Å². The van der Waals surface area contributed by atoms with Crippen LogP contribution in [0.4, 0.5) is 0 Å². The summed E-state index contributed by atoms with van der Waals surface area (Å²) in [5.41, 5.74) is 1.46. The largest absolute Gasteiger partial charge is 0.464 e. The van der Waals surface area contributed by atoms with E-state index in [1.807, 2.05) is 12.1 Å². The smallest absolute Gasteiger partial charge is 0.302 e. The number of amides is 1. The van der Waals surface area contributed by atoms with Gasteiger partial charge < -0.3 is 15.2 Å². The molecule has 0 aliphatic carbocycles. The van der Waals surface area contributed by atoms with Gasteiger partial charge in [0.1, 0.15) is 16.5 Å². The molecule has 1 atom stereocenters. The van der Waals surface area contributed by atoms with Gasteiger partial charge in [0.15, 0.2) is 0 Å². The number of nitrogens with one attached hydrogen (secondary N) is 1. The first kappa shape index (κ1) is 18.4. The topological polar surface area (TPSA) is 88.5 Å². The van der Waals surface area contributed by atoms with E-state index in [1.54, 1.807) is 19.1 Å². The summed E-state index contributed by atoms with van der Waals surface area (Å²) in [6.45, 7) is 2.59. The fraction of sp³-hybridized carbons (Fsp3) is 0.312. The van der Waals surface area contributed by atoms with Crippen LogP contribution in [0.15, 0.2) is 24.3 Å². The van der Waals surface area contributed by atoms with E-state index in [9.17, 15) is 14.7 Å². The third-order valence-corrected chi connectivity index (χ3v) is 4.59. The molecule has 24 heavy (non-hydrogen) atoms. The highest BCUT2D eigenvalue weighted by Crippen LogP contribution is 2.28. The number of hydrogen-bond acceptors (Lipinski definition) is 6. The van der Waals surface area contributed by atoms with Gasteiger partial charge in [0.2, 0.25) is 0 Å². The summed E-state index contributed by atoms with van der Waals surface area (Å²) in [4.78, 5) is 28.0. The Morgan fingerprint density at radius 3 is 2.62 bits per heavy atom. The number of esters is 1. The first-order valence-corrected chi connectivity index (χ1v) is 8.38. The predicted octanol–water partition coefficient (Wildman–Crippen LogP) is 2.43. The minimum absolute atomic E-state index is 0.0839. The fourth-order valence-corrected chi connectivity index (χ4v) is 3.03. The van der Waals surface area contributed by atoms with Crippen LogP contribution in [-0.2, 0) is 9.53 Å². The number of aliphatic hydroxyl groups is 1. The van der Waals surface area contributed by atoms with Gasteiger partial charge in [-0.05, 0) is 19.1 Å². The Morgan fingerprint density at radius 2 is 2.04 bits per heavy atom. The van der Waals surface area contributed by atoms with Crippen molar-refractivity contribution in [1.29, 1.82) is 0 Å². The molecule has 2 rings (SSSR count). The van der Waals surface area contributed by atoms with Crippen LogP contribution in [-0.4, -0.2) is 41.2 Å². The molecule has 128 valence electrons. The lowest BCUT2D eigenvalue weighted by Gasteiger charge is -2.15. The molecule has 0 saturated heterocycles. The zero-order valence-corrected chi connectivity index (χ0v) is 14.8. The maximum absolute atomic E-state index is 12.4. The third-order valence-electron chi connectivity index (χ3n) is 3.14. The minimum Gasteiger partial charge on any atom is -0.464 e. The monoisotopic (exact) mass is 368 g/mol. The summed E-state index contributed by atoms with van der Waals surface area (Å²) in [5, 5.41) is 13.2. The van der Waals surface area contributed by atoms with Crippen molar-refractivity contribution in [3.05, 3.63) is 39.9 Å². The van der Waals surface area contributed by atoms with E-state index in [-0.39, 0.29) is 19.1 Å². The summed E-state index contributed by atoms with van der Waals surface area (Å²) in [5.74, 6) is -0.835. The maximum Gasteiger partial charge on any atom is 0.302 e. The number of aromatic nitrogens is 1. The van der Waals surface area contributed by atoms with Crippen molar-refractivity contribution in [3.63, 3.8) is 0 Å². The number of aryl methyl sites for hydroxylation is 1. The Hall–Kier alpha value is -1.96. The van der Waals surface area contributed by atoms with Crippen LogP contribution in [0.1, 0.15) is 22.3 Å². The molecule has 1 heterocycles. The van der Waals surface area contributed by atoms with Gasteiger partial charge in [-0.25, -0.2) is 4.98 Å². The van der Waals surface area contributed by atoms with Crippen molar-refractivity contribution in [1.82, 2.24) is 10.3 Å². The number of hydrogen-bond donors (Lipinski definition) is 2. The normalized spacial score (nSPS) is 11.8. The highest BCUT2D eigenvalue weighted by Gasteiger charge is 2.20. The molecule has 1 aromatic carbocycles. The van der Waals surface area contributed by atoms with Gasteiger partial charge in [0, 0.05) is 17.5 Å². The van der Waals surface area contributed by atoms with Crippen molar-refractivity contribution >= 4 is 34.8 Å². The average Bonchev–Trinajstić information content (AvgIpc) is 2.93. The molecular formula is C16H17ClN2O4S. The molecule has 0 bridgehead atoms. The summed E-state index contributed by atoms with van der Waals surface area (Å²) in [6.07, 6.45) is 0. The highest BCUT2D eigenvalue weighted by molar-refractivity contribution is 7.17. The van der Waals surface area contributed by atoms with Crippen LogP contribution >= 0.6 is 22.9 Å². The van der Waals surface area contributed by atoms with Crippen molar-refractivity contribution in [2.24, 2.45) is 0 Å². The molecule has 2 N–H and O–H groups in total. The number of halogens is 1. The third kappa shape index (κ3) is 4.77. The van der Waals surface area contributed by atoms with Crippen LogP contribution < -0.4 is 5.32 Å². The lowest BCUT2D eigenvalue weighted by atomic mass is 10.2. The van der Waals surface area contributed by atoms with E-state index >= 15 is 0 Å². The minimum atomic E-state index is -0.665. The zero-order chi connectivity index (χ0) is 17.7. The Kier molecular flexibility index (Phi) is 6.30. The second kappa shape index (κ2) is 8.23. The molecular weight excluding hydrogens is 352 g/mol. The Labute approximate surface area is 148 Å². The molecule has 2 aromatic rings. The summed E-state index contributed by atoms with van der Waals surface area (Å²) in [7, 11) is 0. The van der Waals surface area contributed by atoms with Gasteiger partial charge in [0.25, 0.3) is 5.91 Å². The van der Waals surface area contributed by atoms with Crippen molar-refractivity contribution in [2.75, 3.05) is 13.2 Å². The fourth-order valence-electron chi connectivity index (χ4n) is 1.93. The molecule has 6 nitrogen and oxygen atoms in total. The van der Waals surface area contributed by atoms with Crippen LogP contribution in [0.5, 0.6) is 0 Å². The SMILES string of the molecule is CC(=O)OC[C@@H](CO)NC(=O)c1sc(-c2ccc(Cl)cc2)nc1C. The van der Waals surface area contributed by atoms with Gasteiger partial charge in [-0.3, -0.25) is 9.59 Å². The van der Waals surface area contributed by atoms with E-state index in [1.165, 1.54) is 18.3 Å². The van der Waals surface area contributed by atoms with Gasteiger partial charge in [-0.15, -0.1) is 11.3 Å². The van der Waals surface area contributed by atoms with Crippen LogP contribution in [0.25, 0.3) is 10.6 Å². The number of thiazole rings is 1. The number of benzene rings is 1. The standard InChI is InChI=1S/C16H17ClN2O4S/c1-9-14(15(22)19-13(7-20)8-23-10(2)21)24-16(18-9)11-3-5-12(17)6-4-11/h3-6,13,20H,7-8H2,1-2H3,(H,19,22)/t13-/m1/s1. The summed E-state index contributed by atoms with van der Waals surface area (Å²) >= 11 is 7.12. The predicted molar refractivity (Wildman–Crippen MR) is 92.3 cm³/mol. The van der Waals surface area contributed by atoms with E-state index in [2.05, 4.69) is 10.3 Å². The molecule has 0 aliphatic rings. The summed E-state index contributed by atoms with van der Waals surface area (Å²) in [6, 6.07) is 6.52. The van der Waals surface area contributed by atoms with E-state index in [0.717, 1.165) is 5.56 Å². The highest BCUT2D eigenvalue weighted by atomic mass is 35.5. The van der Waals surface area contributed by atoms with Gasteiger partial charge in [-0.2, -0.15) is 0 Å². The number of ether oxygens (including phenoxy) is 1. The van der Waals surface area contributed by atoms with Crippen LogP contribution in [0.3, 0.4) is 0 Å². The molecule has 1 amide bonds. The molecule has 0 fully saturated rings. The average molecular weight is 369 g/mol. The Morgan fingerprint density at radius 1 is 1.38 bits per heavy atom. The molecule has 0 unspecified atom stereocenters. The molecule has 0 saturated carbocycles. The van der Waals surface area contributed by atoms with E-state index in [4.69, 9.17) is 16.3 Å². The summed E-state index contributed by atoms with van der Waals surface area (Å²) < 4.78 is 4.81. The first-order chi connectivity index (χ1) is 11.4. The number of rotatable bonds is 6. The lowest BCUT2D eigenvalue weighted by Crippen LogP contribution is -2.41. The number of carbonyl (C=O) groups excluding carboxylic acids is 2. The van der Waals surface area contributed by atoms with Gasteiger partial charge in [-0.1, -0.05) is 23.7 Å². The van der Waals surface area contributed by atoms with Crippen molar-refractivity contribution in [3.8, 4) is 10.6 Å².